The molecule has 1 aliphatic rings. The van der Waals surface area contributed by atoms with Gasteiger partial charge in [0, 0.05) is 31.7 Å². The van der Waals surface area contributed by atoms with Crippen molar-refractivity contribution in [1.82, 2.24) is 9.91 Å². The SMILES string of the molecule is CN1CCN(/N=C/c2ccc(-c3ccc(F)cc3)o2)CC1. The molecule has 0 unspecified atom stereocenters. The number of rotatable bonds is 3. The smallest absolute Gasteiger partial charge is 0.147 e. The van der Waals surface area contributed by atoms with Crippen molar-refractivity contribution < 1.29 is 8.81 Å². The fourth-order valence-electron chi connectivity index (χ4n) is 2.24. The van der Waals surface area contributed by atoms with E-state index < -0.39 is 0 Å². The Morgan fingerprint density at radius 2 is 1.76 bits per heavy atom. The number of hydrazone groups is 1. The van der Waals surface area contributed by atoms with Gasteiger partial charge in [-0.05, 0) is 43.4 Å². The van der Waals surface area contributed by atoms with Crippen molar-refractivity contribution in [3.05, 3.63) is 48.0 Å². The second kappa shape index (κ2) is 6.10. The molecule has 4 nitrogen and oxygen atoms in total. The van der Waals surface area contributed by atoms with E-state index >= 15 is 0 Å². The van der Waals surface area contributed by atoms with E-state index in [-0.39, 0.29) is 5.82 Å². The monoisotopic (exact) mass is 287 g/mol. The molecule has 3 rings (SSSR count). The van der Waals surface area contributed by atoms with Crippen LogP contribution < -0.4 is 0 Å². The molecule has 110 valence electrons. The van der Waals surface area contributed by atoms with Crippen LogP contribution in [0.4, 0.5) is 4.39 Å². The molecule has 1 aromatic carbocycles. The molecule has 5 heteroatoms. The first kappa shape index (κ1) is 13.8. The van der Waals surface area contributed by atoms with Gasteiger partial charge >= 0.3 is 0 Å². The minimum Gasteiger partial charge on any atom is -0.455 e. The minimum atomic E-state index is -0.248. The third-order valence-electron chi connectivity index (χ3n) is 3.58. The summed E-state index contributed by atoms with van der Waals surface area (Å²) in [6.07, 6.45) is 1.73. The molecule has 0 aliphatic carbocycles. The molecule has 0 N–H and O–H groups in total. The van der Waals surface area contributed by atoms with E-state index in [4.69, 9.17) is 4.42 Å². The molecule has 1 saturated heterocycles. The van der Waals surface area contributed by atoms with E-state index in [0.29, 0.717) is 5.76 Å². The van der Waals surface area contributed by atoms with Crippen LogP contribution >= 0.6 is 0 Å². The predicted octanol–water partition coefficient (Wildman–Crippen LogP) is 2.67. The Labute approximate surface area is 123 Å². The van der Waals surface area contributed by atoms with Crippen molar-refractivity contribution in [2.75, 3.05) is 33.2 Å². The number of furan rings is 1. The number of likely N-dealkylation sites (N-methyl/N-ethyl adjacent to an activating group) is 1. The number of hydrogen-bond acceptors (Lipinski definition) is 4. The highest BCUT2D eigenvalue weighted by molar-refractivity contribution is 5.77. The first-order chi connectivity index (χ1) is 10.2. The molecule has 0 spiro atoms. The maximum Gasteiger partial charge on any atom is 0.147 e. The lowest BCUT2D eigenvalue weighted by Gasteiger charge is -2.30. The topological polar surface area (TPSA) is 32.0 Å². The van der Waals surface area contributed by atoms with E-state index in [1.807, 2.05) is 17.1 Å². The second-order valence-corrected chi connectivity index (χ2v) is 5.21. The van der Waals surface area contributed by atoms with E-state index in [2.05, 4.69) is 17.0 Å². The minimum absolute atomic E-state index is 0.248. The number of halogens is 1. The van der Waals surface area contributed by atoms with E-state index in [9.17, 15) is 4.39 Å². The molecule has 0 radical (unpaired) electrons. The van der Waals surface area contributed by atoms with Crippen molar-refractivity contribution >= 4 is 6.21 Å². The van der Waals surface area contributed by atoms with Crippen LogP contribution in [0.3, 0.4) is 0 Å². The summed E-state index contributed by atoms with van der Waals surface area (Å²) in [7, 11) is 2.11. The largest absolute Gasteiger partial charge is 0.455 e. The van der Waals surface area contributed by atoms with Gasteiger partial charge in [0.15, 0.2) is 0 Å². The molecular weight excluding hydrogens is 269 g/mol. The Balaban J connectivity index is 1.66. The molecule has 21 heavy (non-hydrogen) atoms. The number of hydrogen-bond donors (Lipinski definition) is 0. The molecular formula is C16H18FN3O. The van der Waals surface area contributed by atoms with Gasteiger partial charge in [-0.2, -0.15) is 5.10 Å². The van der Waals surface area contributed by atoms with Gasteiger partial charge in [0.1, 0.15) is 17.3 Å². The lowest BCUT2D eigenvalue weighted by molar-refractivity contribution is 0.159. The molecule has 1 aliphatic heterocycles. The lowest BCUT2D eigenvalue weighted by atomic mass is 10.2. The van der Waals surface area contributed by atoms with Gasteiger partial charge in [-0.25, -0.2) is 4.39 Å². The molecule has 1 aromatic heterocycles. The van der Waals surface area contributed by atoms with Crippen molar-refractivity contribution in [2.24, 2.45) is 5.10 Å². The summed E-state index contributed by atoms with van der Waals surface area (Å²) in [4.78, 5) is 2.28. The van der Waals surface area contributed by atoms with Gasteiger partial charge in [-0.3, -0.25) is 5.01 Å². The molecule has 0 saturated carbocycles. The summed E-state index contributed by atoms with van der Waals surface area (Å²) in [5, 5.41) is 6.48. The van der Waals surface area contributed by atoms with Gasteiger partial charge in [0.25, 0.3) is 0 Å². The zero-order chi connectivity index (χ0) is 14.7. The Kier molecular flexibility index (Phi) is 4.01. The number of piperazine rings is 1. The highest BCUT2D eigenvalue weighted by Gasteiger charge is 2.11. The molecule has 1 fully saturated rings. The summed E-state index contributed by atoms with van der Waals surface area (Å²) in [5.74, 6) is 1.17. The molecule has 2 aromatic rings. The maximum absolute atomic E-state index is 12.9. The van der Waals surface area contributed by atoms with E-state index in [1.165, 1.54) is 12.1 Å². The zero-order valence-electron chi connectivity index (χ0n) is 12.0. The summed E-state index contributed by atoms with van der Waals surface area (Å²) in [6, 6.07) is 10.0. The maximum atomic E-state index is 12.9. The molecule has 0 atom stereocenters. The van der Waals surface area contributed by atoms with Crippen LogP contribution in [0.5, 0.6) is 0 Å². The van der Waals surface area contributed by atoms with Crippen LogP contribution in [0.1, 0.15) is 5.76 Å². The Hall–Kier alpha value is -2.14. The van der Waals surface area contributed by atoms with Gasteiger partial charge in [-0.15, -0.1) is 0 Å². The van der Waals surface area contributed by atoms with Crippen molar-refractivity contribution in [2.45, 2.75) is 0 Å². The third kappa shape index (κ3) is 3.49. The molecule has 2 heterocycles. The zero-order valence-corrected chi connectivity index (χ0v) is 12.0. The quantitative estimate of drug-likeness (QED) is 0.814. The van der Waals surface area contributed by atoms with Gasteiger partial charge in [0.2, 0.25) is 0 Å². The van der Waals surface area contributed by atoms with Gasteiger partial charge in [0.05, 0.1) is 6.21 Å². The van der Waals surface area contributed by atoms with Crippen LogP contribution in [0.25, 0.3) is 11.3 Å². The highest BCUT2D eigenvalue weighted by atomic mass is 19.1. The highest BCUT2D eigenvalue weighted by Crippen LogP contribution is 2.21. The summed E-state index contributed by atoms with van der Waals surface area (Å²) < 4.78 is 18.6. The summed E-state index contributed by atoms with van der Waals surface area (Å²) in [6.45, 7) is 3.91. The molecule has 0 bridgehead atoms. The van der Waals surface area contributed by atoms with Crippen LogP contribution in [0, 0.1) is 5.82 Å². The fraction of sp³-hybridized carbons (Fsp3) is 0.312. The van der Waals surface area contributed by atoms with Crippen molar-refractivity contribution in [1.29, 1.82) is 0 Å². The van der Waals surface area contributed by atoms with Crippen LogP contribution in [-0.4, -0.2) is 49.4 Å². The fourth-order valence-corrected chi connectivity index (χ4v) is 2.24. The van der Waals surface area contributed by atoms with Crippen molar-refractivity contribution in [3.63, 3.8) is 0 Å². The predicted molar refractivity (Wildman–Crippen MR) is 80.8 cm³/mol. The average molecular weight is 287 g/mol. The van der Waals surface area contributed by atoms with Crippen LogP contribution in [-0.2, 0) is 0 Å². The summed E-state index contributed by atoms with van der Waals surface area (Å²) in [5.41, 5.74) is 0.857. The summed E-state index contributed by atoms with van der Waals surface area (Å²) >= 11 is 0. The third-order valence-corrected chi connectivity index (χ3v) is 3.58. The standard InChI is InChI=1S/C16H18FN3O/c1-19-8-10-20(11-9-19)18-12-15-6-7-16(21-15)13-2-4-14(17)5-3-13/h2-7,12H,8-11H2,1H3/b18-12+. The molecule has 0 amide bonds. The van der Waals surface area contributed by atoms with E-state index in [1.54, 1.807) is 18.3 Å². The first-order valence-electron chi connectivity index (χ1n) is 7.04. The van der Waals surface area contributed by atoms with Crippen LogP contribution in [0.2, 0.25) is 0 Å². The normalized spacial score (nSPS) is 16.8. The Bertz CT molecular complexity index is 613. The van der Waals surface area contributed by atoms with Crippen LogP contribution in [0.15, 0.2) is 45.9 Å². The van der Waals surface area contributed by atoms with Gasteiger partial charge in [-0.1, -0.05) is 0 Å². The van der Waals surface area contributed by atoms with Crippen molar-refractivity contribution in [3.8, 4) is 11.3 Å². The average Bonchev–Trinajstić information content (AvgIpc) is 2.96. The Morgan fingerprint density at radius 3 is 2.48 bits per heavy atom. The number of nitrogens with zero attached hydrogens (tertiary/aromatic N) is 3. The Morgan fingerprint density at radius 1 is 1.05 bits per heavy atom. The lowest BCUT2D eigenvalue weighted by Crippen LogP contribution is -2.41. The van der Waals surface area contributed by atoms with Gasteiger partial charge < -0.3 is 9.32 Å². The second-order valence-electron chi connectivity index (χ2n) is 5.21. The first-order valence-corrected chi connectivity index (χ1v) is 7.04. The van der Waals surface area contributed by atoms with E-state index in [0.717, 1.165) is 37.5 Å². The number of benzene rings is 1.